The lowest BCUT2D eigenvalue weighted by atomic mass is 10.3. The third-order valence-electron chi connectivity index (χ3n) is 2.67. The van der Waals surface area contributed by atoms with Crippen molar-refractivity contribution in [2.24, 2.45) is 0 Å². The summed E-state index contributed by atoms with van der Waals surface area (Å²) in [6.45, 7) is 3.07. The number of carbonyl (C=O) groups is 1. The second-order valence-electron chi connectivity index (χ2n) is 4.03. The number of morpholine rings is 1. The molecule has 1 fully saturated rings. The Balaban J connectivity index is 2.47. The first-order valence-electron chi connectivity index (χ1n) is 5.61. The fourth-order valence-electron chi connectivity index (χ4n) is 1.74. The van der Waals surface area contributed by atoms with Crippen molar-refractivity contribution in [3.05, 3.63) is 0 Å². The Morgan fingerprint density at radius 3 is 2.82 bits per heavy atom. The molecule has 6 nitrogen and oxygen atoms in total. The largest absolute Gasteiger partial charge is 0.469 e. The van der Waals surface area contributed by atoms with Crippen LogP contribution in [-0.2, 0) is 24.3 Å². The second kappa shape index (κ2) is 6.32. The maximum atomic E-state index is 12.0. The van der Waals surface area contributed by atoms with Crippen molar-refractivity contribution in [3.8, 4) is 0 Å². The van der Waals surface area contributed by atoms with Crippen molar-refractivity contribution in [2.75, 3.05) is 32.6 Å². The monoisotopic (exact) mass is 265 g/mol. The van der Waals surface area contributed by atoms with Gasteiger partial charge in [-0.1, -0.05) is 0 Å². The summed E-state index contributed by atoms with van der Waals surface area (Å²) in [5.74, 6) is -0.401. The molecule has 100 valence electrons. The van der Waals surface area contributed by atoms with E-state index in [0.29, 0.717) is 26.2 Å². The zero-order chi connectivity index (χ0) is 12.9. The molecule has 1 aliphatic heterocycles. The molecule has 0 radical (unpaired) electrons. The van der Waals surface area contributed by atoms with Gasteiger partial charge in [-0.05, 0) is 13.3 Å². The zero-order valence-electron chi connectivity index (χ0n) is 10.2. The van der Waals surface area contributed by atoms with E-state index < -0.39 is 10.0 Å². The highest BCUT2D eigenvalue weighted by Gasteiger charge is 2.29. The molecule has 0 aromatic carbocycles. The summed E-state index contributed by atoms with van der Waals surface area (Å²) in [5.41, 5.74) is 0. The van der Waals surface area contributed by atoms with Crippen LogP contribution in [-0.4, -0.2) is 57.4 Å². The van der Waals surface area contributed by atoms with Crippen LogP contribution >= 0.6 is 0 Å². The molecule has 1 rings (SSSR count). The quantitative estimate of drug-likeness (QED) is 0.654. The lowest BCUT2D eigenvalue weighted by Crippen LogP contribution is -2.47. The molecule has 1 saturated heterocycles. The Labute approximate surface area is 102 Å². The normalized spacial score (nSPS) is 22.4. The third-order valence-corrected chi connectivity index (χ3v) is 4.74. The molecule has 0 spiro atoms. The van der Waals surface area contributed by atoms with Gasteiger partial charge >= 0.3 is 5.97 Å². The standard InChI is InChI=1S/C10H19NO5S/c1-9-8-16-6-5-11(9)17(13,14)7-3-4-10(12)15-2/h9H,3-8H2,1-2H3. The molecule has 0 aromatic rings. The van der Waals surface area contributed by atoms with Crippen molar-refractivity contribution >= 4 is 16.0 Å². The van der Waals surface area contributed by atoms with E-state index in [2.05, 4.69) is 4.74 Å². The predicted octanol–water partition coefficient (Wildman–Crippen LogP) is -0.00990. The van der Waals surface area contributed by atoms with Gasteiger partial charge < -0.3 is 9.47 Å². The first-order chi connectivity index (χ1) is 7.97. The van der Waals surface area contributed by atoms with E-state index in [1.54, 1.807) is 0 Å². The van der Waals surface area contributed by atoms with Crippen molar-refractivity contribution in [1.82, 2.24) is 4.31 Å². The van der Waals surface area contributed by atoms with Crippen molar-refractivity contribution in [3.63, 3.8) is 0 Å². The van der Waals surface area contributed by atoms with E-state index in [1.165, 1.54) is 11.4 Å². The van der Waals surface area contributed by atoms with Crippen LogP contribution in [0.4, 0.5) is 0 Å². The molecule has 1 atom stereocenters. The van der Waals surface area contributed by atoms with Gasteiger partial charge in [-0.3, -0.25) is 4.79 Å². The van der Waals surface area contributed by atoms with Gasteiger partial charge in [0.1, 0.15) is 0 Å². The summed E-state index contributed by atoms with van der Waals surface area (Å²) in [6.07, 6.45) is 0.424. The summed E-state index contributed by atoms with van der Waals surface area (Å²) < 4.78 is 35.1. The van der Waals surface area contributed by atoms with Gasteiger partial charge in [0.05, 0.1) is 26.1 Å². The van der Waals surface area contributed by atoms with E-state index in [1.807, 2.05) is 6.92 Å². The fraction of sp³-hybridized carbons (Fsp3) is 0.900. The van der Waals surface area contributed by atoms with Crippen molar-refractivity contribution in [2.45, 2.75) is 25.8 Å². The van der Waals surface area contributed by atoms with E-state index in [4.69, 9.17) is 4.74 Å². The van der Waals surface area contributed by atoms with Gasteiger partial charge in [-0.2, -0.15) is 4.31 Å². The fourth-order valence-corrected chi connectivity index (χ4v) is 3.45. The maximum Gasteiger partial charge on any atom is 0.305 e. The van der Waals surface area contributed by atoms with E-state index in [-0.39, 0.29) is 24.2 Å². The molecule has 17 heavy (non-hydrogen) atoms. The number of rotatable bonds is 5. The highest BCUT2D eigenvalue weighted by Crippen LogP contribution is 2.13. The number of ether oxygens (including phenoxy) is 2. The summed E-state index contributed by atoms with van der Waals surface area (Å²) in [6, 6.07) is -0.133. The van der Waals surface area contributed by atoms with Gasteiger partial charge in [0.25, 0.3) is 0 Å². The second-order valence-corrected chi connectivity index (χ2v) is 6.07. The van der Waals surface area contributed by atoms with E-state index in [0.717, 1.165) is 0 Å². The topological polar surface area (TPSA) is 72.9 Å². The van der Waals surface area contributed by atoms with Crippen molar-refractivity contribution in [1.29, 1.82) is 0 Å². The number of sulfonamides is 1. The first-order valence-corrected chi connectivity index (χ1v) is 7.22. The molecule has 0 amide bonds. The number of hydrogen-bond acceptors (Lipinski definition) is 5. The highest BCUT2D eigenvalue weighted by atomic mass is 32.2. The minimum Gasteiger partial charge on any atom is -0.469 e. The lowest BCUT2D eigenvalue weighted by molar-refractivity contribution is -0.140. The predicted molar refractivity (Wildman–Crippen MR) is 62.0 cm³/mol. The van der Waals surface area contributed by atoms with Crippen LogP contribution in [0.1, 0.15) is 19.8 Å². The Kier molecular flexibility index (Phi) is 5.35. The average molecular weight is 265 g/mol. The van der Waals surface area contributed by atoms with Crippen LogP contribution < -0.4 is 0 Å². The molecule has 0 N–H and O–H groups in total. The van der Waals surface area contributed by atoms with Crippen LogP contribution in [0.5, 0.6) is 0 Å². The minimum absolute atomic E-state index is 0.0214. The number of esters is 1. The number of hydrogen-bond donors (Lipinski definition) is 0. The SMILES string of the molecule is COC(=O)CCCS(=O)(=O)N1CCOCC1C. The van der Waals surface area contributed by atoms with E-state index >= 15 is 0 Å². The number of carbonyl (C=O) groups excluding carboxylic acids is 1. The Morgan fingerprint density at radius 2 is 2.24 bits per heavy atom. The van der Waals surface area contributed by atoms with Crippen molar-refractivity contribution < 1.29 is 22.7 Å². The average Bonchev–Trinajstić information content (AvgIpc) is 2.28. The van der Waals surface area contributed by atoms with Crippen LogP contribution in [0.3, 0.4) is 0 Å². The molecule has 1 aliphatic rings. The Morgan fingerprint density at radius 1 is 1.53 bits per heavy atom. The molecule has 7 heteroatoms. The van der Waals surface area contributed by atoms with E-state index in [9.17, 15) is 13.2 Å². The molecular formula is C10H19NO5S. The van der Waals surface area contributed by atoms with Gasteiger partial charge in [-0.25, -0.2) is 8.42 Å². The summed E-state index contributed by atoms with van der Waals surface area (Å²) >= 11 is 0. The smallest absolute Gasteiger partial charge is 0.305 e. The number of nitrogens with zero attached hydrogens (tertiary/aromatic N) is 1. The molecule has 0 bridgehead atoms. The summed E-state index contributed by atoms with van der Waals surface area (Å²) in [7, 11) is -2.00. The molecule has 0 saturated carbocycles. The van der Waals surface area contributed by atoms with Crippen LogP contribution in [0.25, 0.3) is 0 Å². The first kappa shape index (κ1) is 14.4. The Bertz CT molecular complexity index is 354. The van der Waals surface area contributed by atoms with Gasteiger partial charge in [0.2, 0.25) is 10.0 Å². The maximum absolute atomic E-state index is 12.0. The van der Waals surface area contributed by atoms with Gasteiger partial charge in [0.15, 0.2) is 0 Å². The van der Waals surface area contributed by atoms with Gasteiger partial charge in [-0.15, -0.1) is 0 Å². The molecule has 0 aliphatic carbocycles. The number of methoxy groups -OCH3 is 1. The molecule has 0 aromatic heterocycles. The lowest BCUT2D eigenvalue weighted by Gasteiger charge is -2.32. The summed E-state index contributed by atoms with van der Waals surface area (Å²) in [4.78, 5) is 10.9. The zero-order valence-corrected chi connectivity index (χ0v) is 11.0. The summed E-state index contributed by atoms with van der Waals surface area (Å²) in [5, 5.41) is 0. The van der Waals surface area contributed by atoms with Crippen LogP contribution in [0, 0.1) is 0 Å². The molecule has 1 unspecified atom stereocenters. The molecular weight excluding hydrogens is 246 g/mol. The Hall–Kier alpha value is -0.660. The highest BCUT2D eigenvalue weighted by molar-refractivity contribution is 7.89. The molecule has 1 heterocycles. The van der Waals surface area contributed by atoms with Gasteiger partial charge in [0, 0.05) is 19.0 Å². The van der Waals surface area contributed by atoms with Crippen LogP contribution in [0.15, 0.2) is 0 Å². The third kappa shape index (κ3) is 4.25. The van der Waals surface area contributed by atoms with Crippen LogP contribution in [0.2, 0.25) is 0 Å². The minimum atomic E-state index is -3.29.